The van der Waals surface area contributed by atoms with Crippen molar-refractivity contribution in [3.8, 4) is 0 Å². The molecule has 2 fully saturated rings. The number of rotatable bonds is 5. The molecule has 5 unspecified atom stereocenters. The average Bonchev–Trinajstić information content (AvgIpc) is 2.45. The molecule has 0 heterocycles. The fourth-order valence-corrected chi connectivity index (χ4v) is 5.27. The summed E-state index contributed by atoms with van der Waals surface area (Å²) < 4.78 is 0. The van der Waals surface area contributed by atoms with Crippen LogP contribution in [-0.2, 0) is 0 Å². The molecule has 0 saturated heterocycles. The highest BCUT2D eigenvalue weighted by atomic mass is 16.3. The first-order valence-corrected chi connectivity index (χ1v) is 8.46. The van der Waals surface area contributed by atoms with Crippen LogP contribution in [0.2, 0.25) is 0 Å². The molecule has 0 radical (unpaired) electrons. The Balaban J connectivity index is 2.22. The van der Waals surface area contributed by atoms with E-state index >= 15 is 0 Å². The average molecular weight is 292 g/mol. The Hall–Kier alpha value is -0.600. The molecule has 5 atom stereocenters. The van der Waals surface area contributed by atoms with E-state index in [1.807, 2.05) is 6.08 Å². The standard InChI is InChI=1S/C19H32O2/c1-5-14(2)7-8-15-16(21)9-10-17-18(3,13-20)11-6-12-19(15,17)4/h5,15-17,20-21H,1-2,6-13H2,3-4H3. The molecule has 2 N–H and O–H groups in total. The van der Waals surface area contributed by atoms with E-state index in [0.29, 0.717) is 11.8 Å². The van der Waals surface area contributed by atoms with Gasteiger partial charge in [-0.05, 0) is 61.2 Å². The van der Waals surface area contributed by atoms with Crippen LogP contribution < -0.4 is 0 Å². The van der Waals surface area contributed by atoms with Crippen LogP contribution in [0, 0.1) is 22.7 Å². The molecule has 21 heavy (non-hydrogen) atoms. The normalized spacial score (nSPS) is 43.1. The monoisotopic (exact) mass is 292 g/mol. The van der Waals surface area contributed by atoms with E-state index in [-0.39, 0.29) is 23.5 Å². The number of aliphatic hydroxyl groups is 2. The van der Waals surface area contributed by atoms with Crippen molar-refractivity contribution in [3.05, 3.63) is 24.8 Å². The Morgan fingerprint density at radius 2 is 2.00 bits per heavy atom. The molecule has 0 aromatic heterocycles. The van der Waals surface area contributed by atoms with Gasteiger partial charge in [0.15, 0.2) is 0 Å². The predicted molar refractivity (Wildman–Crippen MR) is 87.9 cm³/mol. The van der Waals surface area contributed by atoms with Crippen molar-refractivity contribution in [2.75, 3.05) is 6.61 Å². The molecule has 2 heteroatoms. The summed E-state index contributed by atoms with van der Waals surface area (Å²) in [5.41, 5.74) is 1.24. The van der Waals surface area contributed by atoms with E-state index < -0.39 is 0 Å². The lowest BCUT2D eigenvalue weighted by atomic mass is 9.47. The molecule has 2 aliphatic rings. The second kappa shape index (κ2) is 6.26. The summed E-state index contributed by atoms with van der Waals surface area (Å²) in [5, 5.41) is 20.5. The molecule has 120 valence electrons. The molecule has 2 saturated carbocycles. The highest BCUT2D eigenvalue weighted by Crippen LogP contribution is 2.60. The Labute approximate surface area is 130 Å². The Morgan fingerprint density at radius 1 is 1.29 bits per heavy atom. The lowest BCUT2D eigenvalue weighted by Crippen LogP contribution is -2.54. The Kier molecular flexibility index (Phi) is 4.99. The van der Waals surface area contributed by atoms with Gasteiger partial charge in [-0.1, -0.05) is 45.1 Å². The molecule has 0 aliphatic heterocycles. The topological polar surface area (TPSA) is 40.5 Å². The minimum Gasteiger partial charge on any atom is -0.396 e. The summed E-state index contributed by atoms with van der Waals surface area (Å²) in [5.74, 6) is 0.841. The third-order valence-electron chi connectivity index (χ3n) is 6.59. The first-order valence-electron chi connectivity index (χ1n) is 8.46. The largest absolute Gasteiger partial charge is 0.396 e. The molecular weight excluding hydrogens is 260 g/mol. The Morgan fingerprint density at radius 3 is 2.62 bits per heavy atom. The highest BCUT2D eigenvalue weighted by Gasteiger charge is 2.55. The number of fused-ring (bicyclic) bond motifs is 1. The summed E-state index contributed by atoms with van der Waals surface area (Å²) in [7, 11) is 0. The molecule has 0 amide bonds. The number of aliphatic hydroxyl groups excluding tert-OH is 2. The van der Waals surface area contributed by atoms with Crippen LogP contribution >= 0.6 is 0 Å². The van der Waals surface area contributed by atoms with Crippen molar-refractivity contribution in [2.24, 2.45) is 22.7 Å². The minimum absolute atomic E-state index is 0.0286. The molecule has 2 rings (SSSR count). The van der Waals surface area contributed by atoms with Gasteiger partial charge in [0, 0.05) is 6.61 Å². The summed E-state index contributed by atoms with van der Waals surface area (Å²) in [6.07, 6.45) is 8.91. The molecule has 0 aromatic rings. The maximum Gasteiger partial charge on any atom is 0.0573 e. The second-order valence-corrected chi connectivity index (χ2v) is 7.88. The smallest absolute Gasteiger partial charge is 0.0573 e. The van der Waals surface area contributed by atoms with Crippen LogP contribution in [0.4, 0.5) is 0 Å². The van der Waals surface area contributed by atoms with Gasteiger partial charge in [0.25, 0.3) is 0 Å². The fraction of sp³-hybridized carbons (Fsp3) is 0.789. The third kappa shape index (κ3) is 2.98. The van der Waals surface area contributed by atoms with Crippen LogP contribution in [0.5, 0.6) is 0 Å². The first kappa shape index (κ1) is 16.8. The van der Waals surface area contributed by atoms with Gasteiger partial charge >= 0.3 is 0 Å². The van der Waals surface area contributed by atoms with Crippen LogP contribution in [-0.4, -0.2) is 22.9 Å². The Bertz CT molecular complexity index is 402. The SMILES string of the molecule is C=CC(=C)CCC1C(O)CCC2C(C)(CO)CCCC12C. The van der Waals surface area contributed by atoms with E-state index in [1.165, 1.54) is 6.42 Å². The van der Waals surface area contributed by atoms with Crippen molar-refractivity contribution in [3.63, 3.8) is 0 Å². The maximum atomic E-state index is 10.6. The number of hydrogen-bond acceptors (Lipinski definition) is 2. The maximum absolute atomic E-state index is 10.6. The van der Waals surface area contributed by atoms with Crippen LogP contribution in [0.3, 0.4) is 0 Å². The van der Waals surface area contributed by atoms with E-state index in [4.69, 9.17) is 0 Å². The van der Waals surface area contributed by atoms with Crippen LogP contribution in [0.15, 0.2) is 24.8 Å². The summed E-state index contributed by atoms with van der Waals surface area (Å²) in [6.45, 7) is 12.7. The zero-order valence-corrected chi connectivity index (χ0v) is 13.8. The first-order chi connectivity index (χ1) is 9.87. The zero-order valence-electron chi connectivity index (χ0n) is 13.8. The van der Waals surface area contributed by atoms with Crippen LogP contribution in [0.25, 0.3) is 0 Å². The number of allylic oxidation sites excluding steroid dienone is 2. The lowest BCUT2D eigenvalue weighted by molar-refractivity contribution is -0.141. The van der Waals surface area contributed by atoms with Gasteiger partial charge in [-0.3, -0.25) is 0 Å². The highest BCUT2D eigenvalue weighted by molar-refractivity contribution is 5.12. The fourth-order valence-electron chi connectivity index (χ4n) is 5.27. The van der Waals surface area contributed by atoms with Crippen molar-refractivity contribution in [2.45, 2.75) is 64.9 Å². The zero-order chi connectivity index (χ0) is 15.7. The van der Waals surface area contributed by atoms with E-state index in [0.717, 1.165) is 44.1 Å². The van der Waals surface area contributed by atoms with Gasteiger partial charge in [-0.2, -0.15) is 0 Å². The third-order valence-corrected chi connectivity index (χ3v) is 6.59. The summed E-state index contributed by atoms with van der Waals surface area (Å²) in [6, 6.07) is 0. The molecular formula is C19H32O2. The van der Waals surface area contributed by atoms with Crippen molar-refractivity contribution < 1.29 is 10.2 Å². The number of hydrogen-bond donors (Lipinski definition) is 2. The van der Waals surface area contributed by atoms with Gasteiger partial charge in [-0.15, -0.1) is 0 Å². The van der Waals surface area contributed by atoms with E-state index in [9.17, 15) is 10.2 Å². The van der Waals surface area contributed by atoms with Gasteiger partial charge in [0.05, 0.1) is 6.10 Å². The quantitative estimate of drug-likeness (QED) is 0.749. The van der Waals surface area contributed by atoms with Gasteiger partial charge in [0.2, 0.25) is 0 Å². The molecule has 0 spiro atoms. The van der Waals surface area contributed by atoms with Gasteiger partial charge in [0.1, 0.15) is 0 Å². The van der Waals surface area contributed by atoms with Gasteiger partial charge < -0.3 is 10.2 Å². The van der Waals surface area contributed by atoms with Crippen molar-refractivity contribution in [1.29, 1.82) is 0 Å². The second-order valence-electron chi connectivity index (χ2n) is 7.88. The molecule has 2 aliphatic carbocycles. The van der Waals surface area contributed by atoms with E-state index in [1.54, 1.807) is 0 Å². The minimum atomic E-state index is -0.204. The lowest BCUT2D eigenvalue weighted by Gasteiger charge is -2.59. The van der Waals surface area contributed by atoms with Crippen molar-refractivity contribution in [1.82, 2.24) is 0 Å². The molecule has 0 aromatic carbocycles. The van der Waals surface area contributed by atoms with Gasteiger partial charge in [-0.25, -0.2) is 0 Å². The van der Waals surface area contributed by atoms with E-state index in [2.05, 4.69) is 27.0 Å². The summed E-state index contributed by atoms with van der Waals surface area (Å²) in [4.78, 5) is 0. The van der Waals surface area contributed by atoms with Crippen LogP contribution in [0.1, 0.15) is 58.8 Å². The predicted octanol–water partition coefficient (Wildman–Crippen LogP) is 4.08. The summed E-state index contributed by atoms with van der Waals surface area (Å²) >= 11 is 0. The van der Waals surface area contributed by atoms with Crippen molar-refractivity contribution >= 4 is 0 Å². The molecule has 2 nitrogen and oxygen atoms in total. The molecule has 0 bridgehead atoms.